The number of carbonyl (C=O) groups excluding carboxylic acids is 1. The monoisotopic (exact) mass is 357 g/mol. The predicted octanol–water partition coefficient (Wildman–Crippen LogP) is 2.97. The number of rotatable bonds is 9. The average Bonchev–Trinajstić information content (AvgIpc) is 2.65. The Hall–Kier alpha value is -3.02. The molecule has 6 nitrogen and oxygen atoms in total. The fourth-order valence-corrected chi connectivity index (χ4v) is 2.69. The predicted molar refractivity (Wildman–Crippen MR) is 97.4 cm³/mol. The maximum Gasteiger partial charge on any atom is 0.305 e. The first-order valence-corrected chi connectivity index (χ1v) is 8.30. The summed E-state index contributed by atoms with van der Waals surface area (Å²) < 4.78 is 10.4. The lowest BCUT2D eigenvalue weighted by molar-refractivity contribution is -0.137. The zero-order valence-corrected chi connectivity index (χ0v) is 14.9. The smallest absolute Gasteiger partial charge is 0.305 e. The number of hydrogen-bond donors (Lipinski definition) is 2. The van der Waals surface area contributed by atoms with Gasteiger partial charge in [-0.25, -0.2) is 0 Å². The molecule has 138 valence electrons. The zero-order valence-electron chi connectivity index (χ0n) is 14.9. The Kier molecular flexibility index (Phi) is 7.02. The number of hydrogen-bond acceptors (Lipinski definition) is 4. The molecule has 2 aromatic rings. The summed E-state index contributed by atoms with van der Waals surface area (Å²) in [5.74, 6) is 0.219. The van der Waals surface area contributed by atoms with Crippen molar-refractivity contribution in [2.75, 3.05) is 14.2 Å². The third-order valence-electron chi connectivity index (χ3n) is 4.05. The van der Waals surface area contributed by atoms with E-state index >= 15 is 0 Å². The van der Waals surface area contributed by atoms with Gasteiger partial charge in [-0.15, -0.1) is 0 Å². The van der Waals surface area contributed by atoms with Gasteiger partial charge in [0.15, 0.2) is 0 Å². The number of carbonyl (C=O) groups is 2. The van der Waals surface area contributed by atoms with Crippen molar-refractivity contribution in [2.45, 2.75) is 25.3 Å². The Morgan fingerprint density at radius 1 is 1.04 bits per heavy atom. The first kappa shape index (κ1) is 19.3. The van der Waals surface area contributed by atoms with Crippen molar-refractivity contribution in [2.24, 2.45) is 0 Å². The maximum atomic E-state index is 12.3. The highest BCUT2D eigenvalue weighted by atomic mass is 16.5. The van der Waals surface area contributed by atoms with Crippen LogP contribution in [0.5, 0.6) is 11.5 Å². The quantitative estimate of drug-likeness (QED) is 0.721. The van der Waals surface area contributed by atoms with E-state index in [-0.39, 0.29) is 18.7 Å². The van der Waals surface area contributed by atoms with E-state index < -0.39 is 12.0 Å². The maximum absolute atomic E-state index is 12.3. The number of para-hydroxylation sites is 1. The van der Waals surface area contributed by atoms with Crippen LogP contribution in [0.25, 0.3) is 0 Å². The van der Waals surface area contributed by atoms with Crippen LogP contribution in [-0.4, -0.2) is 31.2 Å². The van der Waals surface area contributed by atoms with Crippen LogP contribution in [0.4, 0.5) is 0 Å². The van der Waals surface area contributed by atoms with Gasteiger partial charge in [0.1, 0.15) is 11.5 Å². The van der Waals surface area contributed by atoms with Gasteiger partial charge in [-0.2, -0.15) is 0 Å². The van der Waals surface area contributed by atoms with Crippen LogP contribution in [0, 0.1) is 0 Å². The van der Waals surface area contributed by atoms with Crippen molar-refractivity contribution in [3.63, 3.8) is 0 Å². The summed E-state index contributed by atoms with van der Waals surface area (Å²) >= 11 is 0. The van der Waals surface area contributed by atoms with Crippen molar-refractivity contribution < 1.29 is 24.2 Å². The fourth-order valence-electron chi connectivity index (χ4n) is 2.69. The van der Waals surface area contributed by atoms with Gasteiger partial charge in [0.05, 0.1) is 26.7 Å². The van der Waals surface area contributed by atoms with E-state index in [2.05, 4.69) is 5.32 Å². The lowest BCUT2D eigenvalue weighted by Crippen LogP contribution is -2.30. The van der Waals surface area contributed by atoms with Crippen LogP contribution >= 0.6 is 0 Å². The topological polar surface area (TPSA) is 84.9 Å². The first-order valence-electron chi connectivity index (χ1n) is 8.30. The van der Waals surface area contributed by atoms with E-state index in [9.17, 15) is 9.59 Å². The summed E-state index contributed by atoms with van der Waals surface area (Å²) in [6.07, 6.45) is 0.567. The molecule has 0 radical (unpaired) electrons. The van der Waals surface area contributed by atoms with Crippen LogP contribution in [-0.2, 0) is 16.0 Å². The van der Waals surface area contributed by atoms with Gasteiger partial charge in [0, 0.05) is 6.42 Å². The molecule has 1 atom stereocenters. The number of aliphatic carboxylic acids is 1. The molecule has 0 fully saturated rings. The summed E-state index contributed by atoms with van der Waals surface area (Å²) in [6.45, 7) is 0. The van der Waals surface area contributed by atoms with E-state index in [4.69, 9.17) is 14.6 Å². The number of ether oxygens (including phenoxy) is 2. The molecule has 0 unspecified atom stereocenters. The molecule has 0 heterocycles. The Morgan fingerprint density at radius 2 is 1.73 bits per heavy atom. The number of amides is 1. The molecule has 6 heteroatoms. The number of benzene rings is 2. The molecule has 0 spiro atoms. The standard InChI is InChI=1S/C20H23NO5/c1-25-16-10-7-14(8-11-16)17(13-20(23)24)21-19(22)12-9-15-5-3-4-6-18(15)26-2/h3-8,10-11,17H,9,12-13H2,1-2H3,(H,21,22)(H,23,24)/t17-/m1/s1. The molecule has 26 heavy (non-hydrogen) atoms. The first-order chi connectivity index (χ1) is 12.5. The third kappa shape index (κ3) is 5.51. The van der Waals surface area contributed by atoms with Crippen LogP contribution in [0.3, 0.4) is 0 Å². The fraction of sp³-hybridized carbons (Fsp3) is 0.300. The van der Waals surface area contributed by atoms with E-state index in [1.165, 1.54) is 0 Å². The van der Waals surface area contributed by atoms with Crippen molar-refractivity contribution in [1.82, 2.24) is 5.32 Å². The summed E-state index contributed by atoms with van der Waals surface area (Å²) in [7, 11) is 3.15. The number of methoxy groups -OCH3 is 2. The molecular weight excluding hydrogens is 334 g/mol. The SMILES string of the molecule is COc1ccc([C@@H](CC(=O)O)NC(=O)CCc2ccccc2OC)cc1. The van der Waals surface area contributed by atoms with Crippen molar-refractivity contribution in [1.29, 1.82) is 0 Å². The average molecular weight is 357 g/mol. The normalized spacial score (nSPS) is 11.5. The molecular formula is C20H23NO5. The summed E-state index contributed by atoms with van der Waals surface area (Å²) in [5.41, 5.74) is 1.66. The Labute approximate surface area is 152 Å². The minimum Gasteiger partial charge on any atom is -0.497 e. The van der Waals surface area contributed by atoms with Gasteiger partial charge in [-0.1, -0.05) is 30.3 Å². The Morgan fingerprint density at radius 3 is 2.35 bits per heavy atom. The number of nitrogens with one attached hydrogen (secondary N) is 1. The number of aryl methyl sites for hydroxylation is 1. The van der Waals surface area contributed by atoms with E-state index in [1.54, 1.807) is 38.5 Å². The molecule has 0 aliphatic carbocycles. The number of carboxylic acid groups (broad SMARTS) is 1. The molecule has 2 aromatic carbocycles. The van der Waals surface area contributed by atoms with Gasteiger partial charge >= 0.3 is 5.97 Å². The minimum atomic E-state index is -0.976. The molecule has 2 N–H and O–H groups in total. The highest BCUT2D eigenvalue weighted by Gasteiger charge is 2.18. The highest BCUT2D eigenvalue weighted by molar-refractivity contribution is 5.78. The molecule has 0 bridgehead atoms. The summed E-state index contributed by atoms with van der Waals surface area (Å²) in [6, 6.07) is 13.9. The van der Waals surface area contributed by atoms with Crippen molar-refractivity contribution in [3.8, 4) is 11.5 Å². The Balaban J connectivity index is 2.02. The lowest BCUT2D eigenvalue weighted by Gasteiger charge is -2.18. The van der Waals surface area contributed by atoms with Gasteiger partial charge < -0.3 is 19.9 Å². The van der Waals surface area contributed by atoms with Crippen LogP contribution in [0.2, 0.25) is 0 Å². The molecule has 0 aromatic heterocycles. The van der Waals surface area contributed by atoms with E-state index in [1.807, 2.05) is 24.3 Å². The van der Waals surface area contributed by atoms with Crippen molar-refractivity contribution in [3.05, 3.63) is 59.7 Å². The summed E-state index contributed by atoms with van der Waals surface area (Å²) in [5, 5.41) is 12.0. The molecule has 0 aliphatic rings. The Bertz CT molecular complexity index is 742. The van der Waals surface area contributed by atoms with Gasteiger partial charge in [0.25, 0.3) is 0 Å². The van der Waals surface area contributed by atoms with Gasteiger partial charge in [0.2, 0.25) is 5.91 Å². The second-order valence-electron chi connectivity index (χ2n) is 5.80. The molecule has 2 rings (SSSR count). The van der Waals surface area contributed by atoms with E-state index in [0.717, 1.165) is 16.9 Å². The van der Waals surface area contributed by atoms with Crippen LogP contribution in [0.1, 0.15) is 30.0 Å². The largest absolute Gasteiger partial charge is 0.497 e. The molecule has 0 saturated carbocycles. The highest BCUT2D eigenvalue weighted by Crippen LogP contribution is 2.22. The van der Waals surface area contributed by atoms with Crippen LogP contribution in [0.15, 0.2) is 48.5 Å². The van der Waals surface area contributed by atoms with Crippen molar-refractivity contribution >= 4 is 11.9 Å². The molecule has 0 saturated heterocycles. The van der Waals surface area contributed by atoms with Gasteiger partial charge in [-0.05, 0) is 35.7 Å². The van der Waals surface area contributed by atoms with Gasteiger partial charge in [-0.3, -0.25) is 9.59 Å². The second-order valence-corrected chi connectivity index (χ2v) is 5.80. The third-order valence-corrected chi connectivity index (χ3v) is 4.05. The lowest BCUT2D eigenvalue weighted by atomic mass is 10.0. The molecule has 0 aliphatic heterocycles. The van der Waals surface area contributed by atoms with E-state index in [0.29, 0.717) is 12.2 Å². The summed E-state index contributed by atoms with van der Waals surface area (Å²) in [4.78, 5) is 23.5. The zero-order chi connectivity index (χ0) is 18.9. The molecule has 1 amide bonds. The number of carboxylic acids is 1. The second kappa shape index (κ2) is 9.46. The van der Waals surface area contributed by atoms with Crippen LogP contribution < -0.4 is 14.8 Å². The minimum absolute atomic E-state index is 0.188.